The lowest BCUT2D eigenvalue weighted by Crippen LogP contribution is -2.48. The van der Waals surface area contributed by atoms with Gasteiger partial charge in [-0.2, -0.15) is 0 Å². The minimum atomic E-state index is -0.189. The Bertz CT molecular complexity index is 230. The molecule has 0 fully saturated rings. The number of hydrogen-bond acceptors (Lipinski definition) is 2. The van der Waals surface area contributed by atoms with Crippen molar-refractivity contribution in [2.75, 3.05) is 0 Å². The van der Waals surface area contributed by atoms with Crippen molar-refractivity contribution < 1.29 is 4.79 Å². The first-order valence-electron chi connectivity index (χ1n) is 5.51. The molecule has 0 aliphatic carbocycles. The average molecular weight is 210 g/mol. The standard InChI is InChI=1S/C12H22N2O/c1-6-8-11(7-2)14-10(5)12(15)13-9(3)4/h1,9-11,14H,7-8H2,2-5H3,(H,13,15). The van der Waals surface area contributed by atoms with Crippen LogP contribution in [0.4, 0.5) is 0 Å². The van der Waals surface area contributed by atoms with Gasteiger partial charge in [0.05, 0.1) is 6.04 Å². The maximum absolute atomic E-state index is 11.6. The monoisotopic (exact) mass is 210 g/mol. The van der Waals surface area contributed by atoms with Crippen LogP contribution in [0.1, 0.15) is 40.5 Å². The third-order valence-corrected chi connectivity index (χ3v) is 2.17. The van der Waals surface area contributed by atoms with Gasteiger partial charge < -0.3 is 10.6 Å². The summed E-state index contributed by atoms with van der Waals surface area (Å²) < 4.78 is 0. The Morgan fingerprint density at radius 1 is 1.40 bits per heavy atom. The van der Waals surface area contributed by atoms with E-state index in [1.807, 2.05) is 20.8 Å². The summed E-state index contributed by atoms with van der Waals surface area (Å²) >= 11 is 0. The van der Waals surface area contributed by atoms with Crippen LogP contribution in [0.3, 0.4) is 0 Å². The smallest absolute Gasteiger partial charge is 0.237 e. The molecule has 0 saturated carbocycles. The van der Waals surface area contributed by atoms with Crippen molar-refractivity contribution >= 4 is 5.91 Å². The summed E-state index contributed by atoms with van der Waals surface area (Å²) in [5.41, 5.74) is 0. The molecule has 0 aromatic carbocycles. The van der Waals surface area contributed by atoms with Gasteiger partial charge in [0.2, 0.25) is 5.91 Å². The Morgan fingerprint density at radius 2 is 2.00 bits per heavy atom. The quantitative estimate of drug-likeness (QED) is 0.649. The van der Waals surface area contributed by atoms with Crippen molar-refractivity contribution in [3.05, 3.63) is 0 Å². The van der Waals surface area contributed by atoms with Crippen molar-refractivity contribution in [3.8, 4) is 12.3 Å². The molecule has 3 nitrogen and oxygen atoms in total. The van der Waals surface area contributed by atoms with Gasteiger partial charge in [-0.1, -0.05) is 6.92 Å². The van der Waals surface area contributed by atoms with Crippen LogP contribution in [-0.4, -0.2) is 24.0 Å². The van der Waals surface area contributed by atoms with Crippen LogP contribution >= 0.6 is 0 Å². The van der Waals surface area contributed by atoms with Gasteiger partial charge in [0.25, 0.3) is 0 Å². The summed E-state index contributed by atoms with van der Waals surface area (Å²) in [6.07, 6.45) is 6.84. The maximum atomic E-state index is 11.6. The van der Waals surface area contributed by atoms with E-state index in [2.05, 4.69) is 23.5 Å². The molecule has 0 aromatic rings. The van der Waals surface area contributed by atoms with Gasteiger partial charge >= 0.3 is 0 Å². The van der Waals surface area contributed by atoms with E-state index in [0.717, 1.165) is 6.42 Å². The molecule has 2 unspecified atom stereocenters. The minimum Gasteiger partial charge on any atom is -0.353 e. The second kappa shape index (κ2) is 7.30. The van der Waals surface area contributed by atoms with Gasteiger partial charge in [-0.15, -0.1) is 12.3 Å². The van der Waals surface area contributed by atoms with Crippen LogP contribution in [0, 0.1) is 12.3 Å². The SMILES string of the molecule is C#CCC(CC)NC(C)C(=O)NC(C)C. The molecule has 15 heavy (non-hydrogen) atoms. The fourth-order valence-corrected chi connectivity index (χ4v) is 1.30. The molecule has 0 aliphatic heterocycles. The predicted octanol–water partition coefficient (Wildman–Crippen LogP) is 1.29. The molecule has 0 heterocycles. The highest BCUT2D eigenvalue weighted by molar-refractivity contribution is 5.81. The zero-order chi connectivity index (χ0) is 11.8. The molecule has 0 aliphatic rings. The predicted molar refractivity (Wildman–Crippen MR) is 63.4 cm³/mol. The zero-order valence-electron chi connectivity index (χ0n) is 10.1. The van der Waals surface area contributed by atoms with Crippen LogP contribution in [0.2, 0.25) is 0 Å². The van der Waals surface area contributed by atoms with E-state index in [1.54, 1.807) is 0 Å². The van der Waals surface area contributed by atoms with E-state index < -0.39 is 0 Å². The van der Waals surface area contributed by atoms with Crippen molar-refractivity contribution in [2.24, 2.45) is 0 Å². The van der Waals surface area contributed by atoms with Gasteiger partial charge in [0.15, 0.2) is 0 Å². The highest BCUT2D eigenvalue weighted by atomic mass is 16.2. The lowest BCUT2D eigenvalue weighted by Gasteiger charge is -2.21. The van der Waals surface area contributed by atoms with E-state index >= 15 is 0 Å². The summed E-state index contributed by atoms with van der Waals surface area (Å²) in [7, 11) is 0. The second-order valence-corrected chi connectivity index (χ2v) is 4.07. The average Bonchev–Trinajstić information content (AvgIpc) is 2.15. The molecule has 0 spiro atoms. The minimum absolute atomic E-state index is 0.0282. The van der Waals surface area contributed by atoms with Crippen LogP contribution < -0.4 is 10.6 Å². The highest BCUT2D eigenvalue weighted by Gasteiger charge is 2.16. The number of rotatable bonds is 6. The zero-order valence-corrected chi connectivity index (χ0v) is 10.1. The van der Waals surface area contributed by atoms with Gasteiger partial charge in [0.1, 0.15) is 0 Å². The molecule has 0 radical (unpaired) electrons. The number of amides is 1. The lowest BCUT2D eigenvalue weighted by molar-refractivity contribution is -0.123. The van der Waals surface area contributed by atoms with Gasteiger partial charge in [-0.3, -0.25) is 4.79 Å². The molecule has 0 rings (SSSR count). The van der Waals surface area contributed by atoms with Crippen molar-refractivity contribution in [1.82, 2.24) is 10.6 Å². The Morgan fingerprint density at radius 3 is 2.40 bits per heavy atom. The second-order valence-electron chi connectivity index (χ2n) is 4.07. The molecule has 0 bridgehead atoms. The first-order valence-corrected chi connectivity index (χ1v) is 5.51. The summed E-state index contributed by atoms with van der Waals surface area (Å²) in [6, 6.07) is 0.211. The first-order chi connectivity index (χ1) is 7.01. The first kappa shape index (κ1) is 14.0. The molecular weight excluding hydrogens is 188 g/mol. The molecule has 2 atom stereocenters. The summed E-state index contributed by atoms with van der Waals surface area (Å²) in [5.74, 6) is 2.64. The van der Waals surface area contributed by atoms with E-state index in [4.69, 9.17) is 6.42 Å². The van der Waals surface area contributed by atoms with E-state index in [1.165, 1.54) is 0 Å². The molecule has 3 heteroatoms. The molecule has 0 aromatic heterocycles. The Kier molecular flexibility index (Phi) is 6.81. The number of carbonyl (C=O) groups excluding carboxylic acids is 1. The Labute approximate surface area is 93.0 Å². The van der Waals surface area contributed by atoms with Crippen LogP contribution in [0.25, 0.3) is 0 Å². The normalized spacial score (nSPS) is 14.4. The van der Waals surface area contributed by atoms with Crippen LogP contribution in [0.15, 0.2) is 0 Å². The topological polar surface area (TPSA) is 41.1 Å². The van der Waals surface area contributed by atoms with Gasteiger partial charge in [-0.05, 0) is 27.2 Å². The Hall–Kier alpha value is -1.01. The van der Waals surface area contributed by atoms with Crippen LogP contribution in [0.5, 0.6) is 0 Å². The number of terminal acetylenes is 1. The maximum Gasteiger partial charge on any atom is 0.237 e. The molecule has 2 N–H and O–H groups in total. The molecule has 86 valence electrons. The molecular formula is C12H22N2O. The van der Waals surface area contributed by atoms with Crippen molar-refractivity contribution in [1.29, 1.82) is 0 Å². The van der Waals surface area contributed by atoms with E-state index in [9.17, 15) is 4.79 Å². The summed E-state index contributed by atoms with van der Waals surface area (Å²) in [5, 5.41) is 6.08. The third kappa shape index (κ3) is 6.14. The number of nitrogens with one attached hydrogen (secondary N) is 2. The fourth-order valence-electron chi connectivity index (χ4n) is 1.30. The Balaban J connectivity index is 4.04. The van der Waals surface area contributed by atoms with Crippen molar-refractivity contribution in [3.63, 3.8) is 0 Å². The number of carbonyl (C=O) groups is 1. The van der Waals surface area contributed by atoms with Gasteiger partial charge in [-0.25, -0.2) is 0 Å². The highest BCUT2D eigenvalue weighted by Crippen LogP contribution is 1.98. The third-order valence-electron chi connectivity index (χ3n) is 2.17. The number of hydrogen-bond donors (Lipinski definition) is 2. The van der Waals surface area contributed by atoms with Crippen molar-refractivity contribution in [2.45, 2.75) is 58.7 Å². The summed E-state index contributed by atoms with van der Waals surface area (Å²) in [4.78, 5) is 11.6. The lowest BCUT2D eigenvalue weighted by atomic mass is 10.1. The van der Waals surface area contributed by atoms with Crippen LogP contribution in [-0.2, 0) is 4.79 Å². The van der Waals surface area contributed by atoms with Gasteiger partial charge in [0, 0.05) is 18.5 Å². The summed E-state index contributed by atoms with van der Waals surface area (Å²) in [6.45, 7) is 7.81. The molecule has 1 amide bonds. The van der Waals surface area contributed by atoms with E-state index in [-0.39, 0.29) is 24.0 Å². The molecule has 0 saturated heterocycles. The largest absolute Gasteiger partial charge is 0.353 e. The van der Waals surface area contributed by atoms with E-state index in [0.29, 0.717) is 6.42 Å². The fraction of sp³-hybridized carbons (Fsp3) is 0.750.